The first-order valence-electron chi connectivity index (χ1n) is 9.43. The predicted molar refractivity (Wildman–Crippen MR) is 105 cm³/mol. The smallest absolute Gasteiger partial charge is 0.353 e. The molecule has 8 heteroatoms. The minimum Gasteiger partial charge on any atom is -0.494 e. The zero-order chi connectivity index (χ0) is 19.1. The third-order valence-electron chi connectivity index (χ3n) is 4.63. The van der Waals surface area contributed by atoms with Crippen LogP contribution in [0.3, 0.4) is 0 Å². The zero-order valence-corrected chi connectivity index (χ0v) is 15.5. The SMILES string of the molecule is CCOc1ccc(Nc2ncnc(NC3CCCCCC3)c2[N+](=O)[O-])cc1. The number of nitrogens with one attached hydrogen (secondary N) is 2. The van der Waals surface area contributed by atoms with E-state index in [1.807, 2.05) is 19.1 Å². The van der Waals surface area contributed by atoms with Crippen LogP contribution in [0.5, 0.6) is 5.75 Å². The number of nitro groups is 1. The van der Waals surface area contributed by atoms with Gasteiger partial charge in [-0.05, 0) is 44.0 Å². The van der Waals surface area contributed by atoms with Gasteiger partial charge in [0.1, 0.15) is 12.1 Å². The van der Waals surface area contributed by atoms with Crippen molar-refractivity contribution < 1.29 is 9.66 Å². The van der Waals surface area contributed by atoms with Crippen molar-refractivity contribution in [1.82, 2.24) is 9.97 Å². The maximum atomic E-state index is 11.7. The summed E-state index contributed by atoms with van der Waals surface area (Å²) in [5.41, 5.74) is 0.566. The van der Waals surface area contributed by atoms with Gasteiger partial charge >= 0.3 is 5.69 Å². The molecule has 0 bridgehead atoms. The minimum atomic E-state index is -0.435. The lowest BCUT2D eigenvalue weighted by atomic mass is 10.1. The van der Waals surface area contributed by atoms with Gasteiger partial charge in [-0.15, -0.1) is 0 Å². The lowest BCUT2D eigenvalue weighted by Crippen LogP contribution is -2.20. The molecule has 0 saturated heterocycles. The van der Waals surface area contributed by atoms with E-state index in [-0.39, 0.29) is 23.4 Å². The molecule has 8 nitrogen and oxygen atoms in total. The van der Waals surface area contributed by atoms with Gasteiger partial charge in [-0.1, -0.05) is 25.7 Å². The van der Waals surface area contributed by atoms with Crippen LogP contribution in [0.4, 0.5) is 23.0 Å². The summed E-state index contributed by atoms with van der Waals surface area (Å²) in [5.74, 6) is 1.20. The largest absolute Gasteiger partial charge is 0.494 e. The van der Waals surface area contributed by atoms with Crippen LogP contribution >= 0.6 is 0 Å². The van der Waals surface area contributed by atoms with Crippen molar-refractivity contribution in [2.75, 3.05) is 17.2 Å². The lowest BCUT2D eigenvalue weighted by molar-refractivity contribution is -0.383. The van der Waals surface area contributed by atoms with Crippen LogP contribution in [0.2, 0.25) is 0 Å². The molecule has 1 saturated carbocycles. The predicted octanol–water partition coefficient (Wildman–Crippen LogP) is 4.66. The van der Waals surface area contributed by atoms with Crippen molar-refractivity contribution in [2.45, 2.75) is 51.5 Å². The van der Waals surface area contributed by atoms with E-state index in [2.05, 4.69) is 20.6 Å². The molecule has 0 spiro atoms. The van der Waals surface area contributed by atoms with Crippen LogP contribution < -0.4 is 15.4 Å². The molecule has 0 atom stereocenters. The second-order valence-electron chi connectivity index (χ2n) is 6.59. The molecule has 2 aromatic rings. The first-order valence-corrected chi connectivity index (χ1v) is 9.43. The highest BCUT2D eigenvalue weighted by Gasteiger charge is 2.25. The average Bonchev–Trinajstić information content (AvgIpc) is 2.92. The van der Waals surface area contributed by atoms with Gasteiger partial charge < -0.3 is 15.4 Å². The average molecular weight is 371 g/mol. The molecular formula is C19H25N5O3. The maximum absolute atomic E-state index is 11.7. The third kappa shape index (κ3) is 5.06. The number of nitrogens with zero attached hydrogens (tertiary/aromatic N) is 3. The number of rotatable bonds is 7. The summed E-state index contributed by atoms with van der Waals surface area (Å²) in [5, 5.41) is 18.0. The van der Waals surface area contributed by atoms with Gasteiger partial charge in [0, 0.05) is 11.7 Å². The summed E-state index contributed by atoms with van der Waals surface area (Å²) in [6.45, 7) is 2.50. The Morgan fingerprint density at radius 3 is 2.41 bits per heavy atom. The van der Waals surface area contributed by atoms with Gasteiger partial charge in [0.05, 0.1) is 11.5 Å². The highest BCUT2D eigenvalue weighted by molar-refractivity contribution is 5.74. The normalized spacial score (nSPS) is 15.0. The topological polar surface area (TPSA) is 102 Å². The molecule has 0 unspecified atom stereocenters. The number of ether oxygens (including phenoxy) is 1. The fourth-order valence-corrected chi connectivity index (χ4v) is 3.30. The monoisotopic (exact) mass is 371 g/mol. The third-order valence-corrected chi connectivity index (χ3v) is 4.63. The Bertz CT molecular complexity index is 758. The Kier molecular flexibility index (Phi) is 6.40. The van der Waals surface area contributed by atoms with E-state index < -0.39 is 4.92 Å². The minimum absolute atomic E-state index is 0.129. The number of anilines is 3. The first kappa shape index (κ1) is 18.9. The molecule has 1 aromatic carbocycles. The van der Waals surface area contributed by atoms with Crippen molar-refractivity contribution in [3.63, 3.8) is 0 Å². The highest BCUT2D eigenvalue weighted by atomic mass is 16.6. The van der Waals surface area contributed by atoms with Gasteiger partial charge in [-0.3, -0.25) is 10.1 Å². The van der Waals surface area contributed by atoms with Crippen LogP contribution in [-0.2, 0) is 0 Å². The summed E-state index contributed by atoms with van der Waals surface area (Å²) >= 11 is 0. The molecule has 1 aromatic heterocycles. The fraction of sp³-hybridized carbons (Fsp3) is 0.474. The fourth-order valence-electron chi connectivity index (χ4n) is 3.30. The zero-order valence-electron chi connectivity index (χ0n) is 15.5. The van der Waals surface area contributed by atoms with Gasteiger partial charge in [0.2, 0.25) is 11.6 Å². The lowest BCUT2D eigenvalue weighted by Gasteiger charge is -2.17. The van der Waals surface area contributed by atoms with E-state index in [0.717, 1.165) is 31.4 Å². The van der Waals surface area contributed by atoms with E-state index >= 15 is 0 Å². The standard InChI is InChI=1S/C19H25N5O3/c1-2-27-16-11-9-15(10-12-16)23-19-17(24(25)26)18(20-13-21-19)22-14-7-5-3-4-6-8-14/h9-14H,2-8H2,1H3,(H2,20,21,22,23). The molecule has 1 heterocycles. The molecule has 0 radical (unpaired) electrons. The molecule has 1 aliphatic carbocycles. The van der Waals surface area contributed by atoms with Gasteiger partial charge in [-0.2, -0.15) is 0 Å². The molecule has 1 fully saturated rings. The molecule has 0 aliphatic heterocycles. The molecule has 1 aliphatic rings. The van der Waals surface area contributed by atoms with E-state index in [4.69, 9.17) is 4.74 Å². The molecule has 3 rings (SSSR count). The Hall–Kier alpha value is -2.90. The summed E-state index contributed by atoms with van der Waals surface area (Å²) in [4.78, 5) is 19.5. The van der Waals surface area contributed by atoms with Crippen LogP contribution in [0.1, 0.15) is 45.4 Å². The van der Waals surface area contributed by atoms with Gasteiger partial charge in [-0.25, -0.2) is 9.97 Å². The summed E-state index contributed by atoms with van der Waals surface area (Å²) in [7, 11) is 0. The van der Waals surface area contributed by atoms with Crippen LogP contribution in [0.25, 0.3) is 0 Å². The second kappa shape index (κ2) is 9.16. The summed E-state index contributed by atoms with van der Waals surface area (Å²) < 4.78 is 5.42. The number of hydrogen-bond acceptors (Lipinski definition) is 7. The summed E-state index contributed by atoms with van der Waals surface area (Å²) in [6.07, 6.45) is 8.05. The van der Waals surface area contributed by atoms with Crippen LogP contribution in [0, 0.1) is 10.1 Å². The van der Waals surface area contributed by atoms with E-state index in [1.54, 1.807) is 12.1 Å². The number of benzene rings is 1. The van der Waals surface area contributed by atoms with E-state index in [1.165, 1.54) is 19.2 Å². The molecule has 144 valence electrons. The summed E-state index contributed by atoms with van der Waals surface area (Å²) in [6, 6.07) is 7.43. The van der Waals surface area contributed by atoms with E-state index in [9.17, 15) is 10.1 Å². The molecular weight excluding hydrogens is 346 g/mol. The Morgan fingerprint density at radius 1 is 1.11 bits per heavy atom. The van der Waals surface area contributed by atoms with Crippen molar-refractivity contribution in [1.29, 1.82) is 0 Å². The molecule has 0 amide bonds. The van der Waals surface area contributed by atoms with Crippen molar-refractivity contribution >= 4 is 23.0 Å². The quantitative estimate of drug-likeness (QED) is 0.414. The van der Waals surface area contributed by atoms with Crippen molar-refractivity contribution in [3.8, 4) is 5.75 Å². The number of aromatic nitrogens is 2. The van der Waals surface area contributed by atoms with E-state index in [0.29, 0.717) is 12.3 Å². The van der Waals surface area contributed by atoms with Crippen LogP contribution in [0.15, 0.2) is 30.6 Å². The highest BCUT2D eigenvalue weighted by Crippen LogP contribution is 2.33. The van der Waals surface area contributed by atoms with Crippen molar-refractivity contribution in [3.05, 3.63) is 40.7 Å². The van der Waals surface area contributed by atoms with Gasteiger partial charge in [0.15, 0.2) is 0 Å². The Balaban J connectivity index is 1.81. The van der Waals surface area contributed by atoms with Gasteiger partial charge in [0.25, 0.3) is 0 Å². The second-order valence-corrected chi connectivity index (χ2v) is 6.59. The maximum Gasteiger partial charge on any atom is 0.353 e. The van der Waals surface area contributed by atoms with Crippen LogP contribution in [-0.4, -0.2) is 27.5 Å². The Morgan fingerprint density at radius 2 is 1.78 bits per heavy atom. The number of hydrogen-bond donors (Lipinski definition) is 2. The Labute approximate surface area is 158 Å². The molecule has 2 N–H and O–H groups in total. The molecule has 27 heavy (non-hydrogen) atoms. The van der Waals surface area contributed by atoms with Crippen molar-refractivity contribution in [2.24, 2.45) is 0 Å². The first-order chi connectivity index (χ1) is 13.2.